The van der Waals surface area contributed by atoms with Gasteiger partial charge in [0.2, 0.25) is 11.8 Å². The maximum absolute atomic E-state index is 11.8. The SMILES string of the molecule is O=C(CCCCCCC(=O)Nc1ccccc1O)N/N=C/c1nccs1. The second-order valence-electron chi connectivity index (χ2n) is 5.64. The standard InChI is InChI=1S/C18H22N4O3S/c23-15-8-6-5-7-14(15)21-16(24)9-3-1-2-4-10-17(25)22-20-13-18-19-11-12-26-18/h5-8,11-13,23H,1-4,9-10H2,(H,21,24)(H,22,25)/b20-13+. The lowest BCUT2D eigenvalue weighted by Crippen LogP contribution is -2.16. The van der Waals surface area contributed by atoms with Gasteiger partial charge in [-0.15, -0.1) is 11.3 Å². The van der Waals surface area contributed by atoms with Gasteiger partial charge in [-0.1, -0.05) is 25.0 Å². The summed E-state index contributed by atoms with van der Waals surface area (Å²) in [4.78, 5) is 27.5. The van der Waals surface area contributed by atoms with E-state index < -0.39 is 0 Å². The van der Waals surface area contributed by atoms with Crippen molar-refractivity contribution in [2.45, 2.75) is 38.5 Å². The number of phenols is 1. The highest BCUT2D eigenvalue weighted by atomic mass is 32.1. The highest BCUT2D eigenvalue weighted by molar-refractivity contribution is 7.11. The number of unbranched alkanes of at least 4 members (excludes halogenated alkanes) is 3. The lowest BCUT2D eigenvalue weighted by Gasteiger charge is -2.06. The summed E-state index contributed by atoms with van der Waals surface area (Å²) in [5.74, 6) is -0.194. The summed E-state index contributed by atoms with van der Waals surface area (Å²) >= 11 is 1.45. The first kappa shape index (κ1) is 19.6. The Bertz CT molecular complexity index is 732. The largest absolute Gasteiger partial charge is 0.506 e. The van der Waals surface area contributed by atoms with Crippen molar-refractivity contribution in [3.05, 3.63) is 40.8 Å². The van der Waals surface area contributed by atoms with E-state index in [0.29, 0.717) is 18.5 Å². The molecule has 0 bridgehead atoms. The van der Waals surface area contributed by atoms with Crippen LogP contribution >= 0.6 is 11.3 Å². The van der Waals surface area contributed by atoms with Crippen LogP contribution in [-0.2, 0) is 9.59 Å². The molecule has 0 radical (unpaired) electrons. The molecule has 0 fully saturated rings. The molecule has 0 saturated heterocycles. The molecule has 0 aliphatic heterocycles. The smallest absolute Gasteiger partial charge is 0.240 e. The molecule has 3 N–H and O–H groups in total. The Morgan fingerprint density at radius 3 is 2.54 bits per heavy atom. The fourth-order valence-corrected chi connectivity index (χ4v) is 2.73. The summed E-state index contributed by atoms with van der Waals surface area (Å²) in [5, 5.41) is 18.7. The third-order valence-corrected chi connectivity index (χ3v) is 4.26. The van der Waals surface area contributed by atoms with Gasteiger partial charge in [0.1, 0.15) is 10.8 Å². The number of benzene rings is 1. The van der Waals surface area contributed by atoms with Crippen LogP contribution in [0.5, 0.6) is 5.75 Å². The number of para-hydroxylation sites is 2. The number of nitrogens with one attached hydrogen (secondary N) is 2. The number of amides is 2. The molecular weight excluding hydrogens is 352 g/mol. The summed E-state index contributed by atoms with van der Waals surface area (Å²) in [6, 6.07) is 6.64. The molecule has 0 saturated carbocycles. The van der Waals surface area contributed by atoms with Gasteiger partial charge in [-0.25, -0.2) is 10.4 Å². The Morgan fingerprint density at radius 1 is 1.12 bits per heavy atom. The quantitative estimate of drug-likeness (QED) is 0.257. The normalized spacial score (nSPS) is 10.8. The topological polar surface area (TPSA) is 104 Å². The first-order valence-corrected chi connectivity index (χ1v) is 9.32. The molecule has 0 unspecified atom stereocenters. The Hall–Kier alpha value is -2.74. The molecule has 0 spiro atoms. The second kappa shape index (κ2) is 11.0. The number of thiazole rings is 1. The molecule has 8 heteroatoms. The van der Waals surface area contributed by atoms with Gasteiger partial charge in [-0.3, -0.25) is 9.59 Å². The number of hydrogen-bond acceptors (Lipinski definition) is 6. The molecule has 2 amide bonds. The van der Waals surface area contributed by atoms with E-state index in [4.69, 9.17) is 0 Å². The van der Waals surface area contributed by atoms with Crippen LogP contribution in [-0.4, -0.2) is 28.1 Å². The van der Waals surface area contributed by atoms with Crippen molar-refractivity contribution in [2.24, 2.45) is 5.10 Å². The summed E-state index contributed by atoms with van der Waals surface area (Å²) in [5.41, 5.74) is 2.90. The van der Waals surface area contributed by atoms with Crippen molar-refractivity contribution in [2.75, 3.05) is 5.32 Å². The molecule has 1 heterocycles. The number of anilines is 1. The summed E-state index contributed by atoms with van der Waals surface area (Å²) in [6.45, 7) is 0. The van der Waals surface area contributed by atoms with Gasteiger partial charge in [0.15, 0.2) is 0 Å². The van der Waals surface area contributed by atoms with E-state index in [-0.39, 0.29) is 17.6 Å². The molecular formula is C18H22N4O3S. The van der Waals surface area contributed by atoms with Crippen molar-refractivity contribution < 1.29 is 14.7 Å². The fourth-order valence-electron chi connectivity index (χ4n) is 2.23. The average molecular weight is 374 g/mol. The Morgan fingerprint density at radius 2 is 1.85 bits per heavy atom. The molecule has 2 rings (SSSR count). The van der Waals surface area contributed by atoms with Crippen LogP contribution in [0.4, 0.5) is 5.69 Å². The number of aromatic nitrogens is 1. The Kier molecular flexibility index (Phi) is 8.28. The van der Waals surface area contributed by atoms with Gasteiger partial charge in [0.25, 0.3) is 0 Å². The molecule has 0 aliphatic rings. The maximum atomic E-state index is 11.8. The van der Waals surface area contributed by atoms with Crippen molar-refractivity contribution in [1.82, 2.24) is 10.4 Å². The number of nitrogens with zero attached hydrogens (tertiary/aromatic N) is 2. The van der Waals surface area contributed by atoms with Gasteiger partial charge in [-0.2, -0.15) is 5.10 Å². The van der Waals surface area contributed by atoms with Crippen LogP contribution in [0.1, 0.15) is 43.5 Å². The molecule has 0 atom stereocenters. The first-order chi connectivity index (χ1) is 12.6. The van der Waals surface area contributed by atoms with E-state index in [9.17, 15) is 14.7 Å². The van der Waals surface area contributed by atoms with Gasteiger partial charge < -0.3 is 10.4 Å². The maximum Gasteiger partial charge on any atom is 0.240 e. The first-order valence-electron chi connectivity index (χ1n) is 8.44. The predicted molar refractivity (Wildman–Crippen MR) is 102 cm³/mol. The lowest BCUT2D eigenvalue weighted by molar-refractivity contribution is -0.121. The number of aromatic hydroxyl groups is 1. The second-order valence-corrected chi connectivity index (χ2v) is 6.57. The van der Waals surface area contributed by atoms with Crippen LogP contribution in [0.3, 0.4) is 0 Å². The van der Waals surface area contributed by atoms with E-state index >= 15 is 0 Å². The summed E-state index contributed by atoms with van der Waals surface area (Å²) in [7, 11) is 0. The van der Waals surface area contributed by atoms with Crippen LogP contribution in [0, 0.1) is 0 Å². The summed E-state index contributed by atoms with van der Waals surface area (Å²) in [6.07, 6.45) is 7.21. The molecule has 0 aliphatic carbocycles. The number of hydrazone groups is 1. The molecule has 2 aromatic rings. The number of carbonyl (C=O) groups excluding carboxylic acids is 2. The van der Waals surface area contributed by atoms with Crippen LogP contribution < -0.4 is 10.7 Å². The third-order valence-electron chi connectivity index (χ3n) is 3.55. The third kappa shape index (κ3) is 7.43. The summed E-state index contributed by atoms with van der Waals surface area (Å²) < 4.78 is 0. The van der Waals surface area contributed by atoms with Gasteiger partial charge >= 0.3 is 0 Å². The number of phenolic OH excluding ortho intramolecular Hbond substituents is 1. The Labute approximate surface area is 156 Å². The van der Waals surface area contributed by atoms with Crippen molar-refractivity contribution in [3.63, 3.8) is 0 Å². The number of rotatable bonds is 10. The van der Waals surface area contributed by atoms with E-state index in [0.717, 1.165) is 30.7 Å². The minimum absolute atomic E-state index is 0.0596. The molecule has 1 aromatic carbocycles. The van der Waals surface area contributed by atoms with E-state index in [2.05, 4.69) is 20.8 Å². The van der Waals surface area contributed by atoms with E-state index in [1.165, 1.54) is 23.6 Å². The van der Waals surface area contributed by atoms with Gasteiger partial charge in [-0.05, 0) is 25.0 Å². The minimum atomic E-state index is -0.130. The highest BCUT2D eigenvalue weighted by Crippen LogP contribution is 2.21. The van der Waals surface area contributed by atoms with Crippen molar-refractivity contribution >= 4 is 35.1 Å². The van der Waals surface area contributed by atoms with E-state index in [1.807, 2.05) is 5.38 Å². The van der Waals surface area contributed by atoms with Crippen LogP contribution in [0.2, 0.25) is 0 Å². The predicted octanol–water partition coefficient (Wildman–Crippen LogP) is 3.28. The van der Waals surface area contributed by atoms with Crippen molar-refractivity contribution in [3.8, 4) is 5.75 Å². The molecule has 26 heavy (non-hydrogen) atoms. The monoisotopic (exact) mass is 374 g/mol. The van der Waals surface area contributed by atoms with E-state index in [1.54, 1.807) is 24.4 Å². The van der Waals surface area contributed by atoms with Crippen LogP contribution in [0.15, 0.2) is 40.9 Å². The Balaban J connectivity index is 1.50. The number of carbonyl (C=O) groups is 2. The molecule has 7 nitrogen and oxygen atoms in total. The van der Waals surface area contributed by atoms with Gasteiger partial charge in [0, 0.05) is 24.4 Å². The zero-order valence-electron chi connectivity index (χ0n) is 14.4. The van der Waals surface area contributed by atoms with Crippen LogP contribution in [0.25, 0.3) is 0 Å². The lowest BCUT2D eigenvalue weighted by atomic mass is 10.1. The minimum Gasteiger partial charge on any atom is -0.506 e. The van der Waals surface area contributed by atoms with Gasteiger partial charge in [0.05, 0.1) is 11.9 Å². The zero-order valence-corrected chi connectivity index (χ0v) is 15.2. The average Bonchev–Trinajstić information content (AvgIpc) is 3.13. The number of hydrogen-bond donors (Lipinski definition) is 3. The zero-order chi connectivity index (χ0) is 18.6. The molecule has 1 aromatic heterocycles. The highest BCUT2D eigenvalue weighted by Gasteiger charge is 2.05. The molecule has 138 valence electrons. The fraction of sp³-hybridized carbons (Fsp3) is 0.333. The van der Waals surface area contributed by atoms with Crippen molar-refractivity contribution in [1.29, 1.82) is 0 Å².